The van der Waals surface area contributed by atoms with E-state index >= 15 is 0 Å². The second kappa shape index (κ2) is 6.53. The standard InChI is InChI=1S/C14H18BrN3O3/c1-9-3-2-4-12(8-16)17(9)14(19)10-5-11(15)7-13(6-10)18(20)21/h5-7,9,12H,2-4,8,16H2,1H3. The predicted molar refractivity (Wildman–Crippen MR) is 83.1 cm³/mol. The van der Waals surface area contributed by atoms with Crippen LogP contribution in [0.1, 0.15) is 36.5 Å². The molecule has 1 aromatic rings. The SMILES string of the molecule is CC1CCCC(CN)N1C(=O)c1cc(Br)cc([N+](=O)[O-])c1. The van der Waals surface area contributed by atoms with E-state index in [1.54, 1.807) is 11.0 Å². The van der Waals surface area contributed by atoms with Gasteiger partial charge >= 0.3 is 0 Å². The Balaban J connectivity index is 2.36. The number of nitro groups is 1. The summed E-state index contributed by atoms with van der Waals surface area (Å²) in [6.45, 7) is 2.40. The number of amides is 1. The van der Waals surface area contributed by atoms with E-state index in [9.17, 15) is 14.9 Å². The first-order valence-electron chi connectivity index (χ1n) is 6.91. The third-order valence-corrected chi connectivity index (χ3v) is 4.33. The van der Waals surface area contributed by atoms with Crippen LogP contribution in [0, 0.1) is 10.1 Å². The van der Waals surface area contributed by atoms with Gasteiger partial charge in [0, 0.05) is 40.8 Å². The van der Waals surface area contributed by atoms with Gasteiger partial charge in [0.2, 0.25) is 0 Å². The molecule has 0 saturated carbocycles. The van der Waals surface area contributed by atoms with Gasteiger partial charge in [0.1, 0.15) is 0 Å². The van der Waals surface area contributed by atoms with Crippen molar-refractivity contribution in [1.82, 2.24) is 4.90 Å². The minimum absolute atomic E-state index is 0.000659. The zero-order valence-electron chi connectivity index (χ0n) is 11.8. The highest BCUT2D eigenvalue weighted by molar-refractivity contribution is 9.10. The Hall–Kier alpha value is -1.47. The lowest BCUT2D eigenvalue weighted by Gasteiger charge is -2.40. The Labute approximate surface area is 131 Å². The smallest absolute Gasteiger partial charge is 0.271 e. The van der Waals surface area contributed by atoms with E-state index in [1.165, 1.54) is 12.1 Å². The first kappa shape index (κ1) is 15.9. The van der Waals surface area contributed by atoms with Crippen molar-refractivity contribution in [2.24, 2.45) is 5.73 Å². The van der Waals surface area contributed by atoms with Crippen molar-refractivity contribution >= 4 is 27.5 Å². The summed E-state index contributed by atoms with van der Waals surface area (Å²) < 4.78 is 0.522. The molecule has 2 N–H and O–H groups in total. The van der Waals surface area contributed by atoms with E-state index in [0.29, 0.717) is 16.6 Å². The molecule has 7 heteroatoms. The van der Waals surface area contributed by atoms with Crippen LogP contribution in [0.15, 0.2) is 22.7 Å². The number of carbonyl (C=O) groups is 1. The Kier molecular flexibility index (Phi) is 4.95. The molecule has 1 aliphatic heterocycles. The normalized spacial score (nSPS) is 22.1. The van der Waals surface area contributed by atoms with Crippen LogP contribution in [0.3, 0.4) is 0 Å². The van der Waals surface area contributed by atoms with Crippen molar-refractivity contribution in [2.75, 3.05) is 6.54 Å². The van der Waals surface area contributed by atoms with Gasteiger partial charge in [-0.3, -0.25) is 14.9 Å². The molecular weight excluding hydrogens is 338 g/mol. The minimum Gasteiger partial charge on any atom is -0.332 e. The molecule has 6 nitrogen and oxygen atoms in total. The average Bonchev–Trinajstić information content (AvgIpc) is 2.45. The fourth-order valence-electron chi connectivity index (χ4n) is 2.84. The number of nitro benzene ring substituents is 1. The lowest BCUT2D eigenvalue weighted by atomic mass is 9.95. The summed E-state index contributed by atoms with van der Waals surface area (Å²) >= 11 is 3.22. The molecule has 114 valence electrons. The molecule has 1 fully saturated rings. The molecule has 21 heavy (non-hydrogen) atoms. The molecule has 1 aliphatic rings. The van der Waals surface area contributed by atoms with Crippen molar-refractivity contribution < 1.29 is 9.72 Å². The Morgan fingerprint density at radius 1 is 1.48 bits per heavy atom. The zero-order chi connectivity index (χ0) is 15.6. The van der Waals surface area contributed by atoms with Gasteiger partial charge in [-0.2, -0.15) is 0 Å². The number of carbonyl (C=O) groups excluding carboxylic acids is 1. The largest absolute Gasteiger partial charge is 0.332 e. The molecule has 2 atom stereocenters. The van der Waals surface area contributed by atoms with E-state index in [4.69, 9.17) is 5.73 Å². The van der Waals surface area contributed by atoms with Gasteiger partial charge in [-0.1, -0.05) is 15.9 Å². The van der Waals surface area contributed by atoms with Gasteiger partial charge < -0.3 is 10.6 Å². The molecular formula is C14H18BrN3O3. The number of rotatable bonds is 3. The van der Waals surface area contributed by atoms with Crippen LogP contribution in [-0.2, 0) is 0 Å². The van der Waals surface area contributed by atoms with Gasteiger partial charge in [0.05, 0.1) is 4.92 Å². The van der Waals surface area contributed by atoms with Gasteiger partial charge in [-0.15, -0.1) is 0 Å². The van der Waals surface area contributed by atoms with Gasteiger partial charge in [-0.25, -0.2) is 0 Å². The Bertz CT molecular complexity index is 564. The van der Waals surface area contributed by atoms with Gasteiger partial charge in [0.15, 0.2) is 0 Å². The molecule has 1 amide bonds. The highest BCUT2D eigenvalue weighted by Crippen LogP contribution is 2.27. The molecule has 1 heterocycles. The van der Waals surface area contributed by atoms with E-state index in [1.807, 2.05) is 6.92 Å². The first-order valence-corrected chi connectivity index (χ1v) is 7.71. The van der Waals surface area contributed by atoms with Crippen LogP contribution in [0.25, 0.3) is 0 Å². The maximum Gasteiger partial charge on any atom is 0.271 e. The zero-order valence-corrected chi connectivity index (χ0v) is 13.4. The highest BCUT2D eigenvalue weighted by atomic mass is 79.9. The van der Waals surface area contributed by atoms with Crippen LogP contribution >= 0.6 is 15.9 Å². The summed E-state index contributed by atoms with van der Waals surface area (Å²) in [7, 11) is 0. The van der Waals surface area contributed by atoms with Crippen molar-refractivity contribution in [3.8, 4) is 0 Å². The number of halogens is 1. The third kappa shape index (κ3) is 3.41. The van der Waals surface area contributed by atoms with Crippen molar-refractivity contribution in [1.29, 1.82) is 0 Å². The molecule has 2 rings (SSSR count). The molecule has 2 unspecified atom stereocenters. The molecule has 1 aromatic carbocycles. The summed E-state index contributed by atoms with van der Waals surface area (Å²) in [6.07, 6.45) is 2.85. The lowest BCUT2D eigenvalue weighted by Crippen LogP contribution is -2.51. The first-order chi connectivity index (χ1) is 9.93. The van der Waals surface area contributed by atoms with Gasteiger partial charge in [0.25, 0.3) is 11.6 Å². The molecule has 0 aromatic heterocycles. The lowest BCUT2D eigenvalue weighted by molar-refractivity contribution is -0.385. The summed E-state index contributed by atoms with van der Waals surface area (Å²) in [5.74, 6) is -0.193. The fourth-order valence-corrected chi connectivity index (χ4v) is 3.32. The molecule has 1 saturated heterocycles. The summed E-state index contributed by atoms with van der Waals surface area (Å²) in [6, 6.07) is 4.42. The van der Waals surface area contributed by atoms with Crippen LogP contribution < -0.4 is 5.73 Å². The Morgan fingerprint density at radius 3 is 2.81 bits per heavy atom. The van der Waals surface area contributed by atoms with E-state index in [0.717, 1.165) is 19.3 Å². The number of nitrogens with two attached hydrogens (primary N) is 1. The molecule has 0 spiro atoms. The maximum absolute atomic E-state index is 12.7. The maximum atomic E-state index is 12.7. The fraction of sp³-hybridized carbons (Fsp3) is 0.500. The van der Waals surface area contributed by atoms with Crippen molar-refractivity contribution in [3.63, 3.8) is 0 Å². The summed E-state index contributed by atoms with van der Waals surface area (Å²) in [4.78, 5) is 24.9. The monoisotopic (exact) mass is 355 g/mol. The molecule has 0 radical (unpaired) electrons. The molecule has 0 bridgehead atoms. The van der Waals surface area contributed by atoms with Crippen LogP contribution in [0.5, 0.6) is 0 Å². The number of nitrogens with zero attached hydrogens (tertiary/aromatic N) is 2. The second-order valence-corrected chi connectivity index (χ2v) is 6.25. The minimum atomic E-state index is -0.498. The molecule has 0 aliphatic carbocycles. The van der Waals surface area contributed by atoms with Crippen molar-refractivity contribution in [3.05, 3.63) is 38.3 Å². The van der Waals surface area contributed by atoms with Crippen LogP contribution in [0.2, 0.25) is 0 Å². The number of non-ortho nitro benzene ring substituents is 1. The number of piperidine rings is 1. The van der Waals surface area contributed by atoms with E-state index in [-0.39, 0.29) is 23.7 Å². The third-order valence-electron chi connectivity index (χ3n) is 3.87. The second-order valence-electron chi connectivity index (χ2n) is 5.34. The summed E-state index contributed by atoms with van der Waals surface area (Å²) in [5.41, 5.74) is 6.00. The average molecular weight is 356 g/mol. The topological polar surface area (TPSA) is 89.5 Å². The number of hydrogen-bond acceptors (Lipinski definition) is 4. The van der Waals surface area contributed by atoms with Crippen LogP contribution in [0.4, 0.5) is 5.69 Å². The highest BCUT2D eigenvalue weighted by Gasteiger charge is 2.32. The van der Waals surface area contributed by atoms with Crippen LogP contribution in [-0.4, -0.2) is 34.4 Å². The number of benzene rings is 1. The number of likely N-dealkylation sites (tertiary alicyclic amines) is 1. The van der Waals surface area contributed by atoms with Crippen molar-refractivity contribution in [2.45, 2.75) is 38.3 Å². The Morgan fingerprint density at radius 2 is 2.19 bits per heavy atom. The summed E-state index contributed by atoms with van der Waals surface area (Å²) in [5, 5.41) is 10.9. The van der Waals surface area contributed by atoms with E-state index < -0.39 is 4.92 Å². The quantitative estimate of drug-likeness (QED) is 0.666. The van der Waals surface area contributed by atoms with E-state index in [2.05, 4.69) is 15.9 Å². The van der Waals surface area contributed by atoms with Gasteiger partial charge in [-0.05, 0) is 32.3 Å². The number of hydrogen-bond donors (Lipinski definition) is 1. The predicted octanol–water partition coefficient (Wildman–Crippen LogP) is 2.70.